The molecule has 1 unspecified atom stereocenters. The molecule has 4 heteroatoms. The predicted molar refractivity (Wildman–Crippen MR) is 75.1 cm³/mol. The SMILES string of the molecule is C=CCCOC(C)C(=O)N1CCCc2ncccc21. The summed E-state index contributed by atoms with van der Waals surface area (Å²) in [6.45, 7) is 6.71. The summed E-state index contributed by atoms with van der Waals surface area (Å²) in [7, 11) is 0. The fourth-order valence-corrected chi connectivity index (χ4v) is 2.24. The highest BCUT2D eigenvalue weighted by molar-refractivity contribution is 5.97. The predicted octanol–water partition coefficient (Wildman–Crippen LogP) is 2.34. The first-order chi connectivity index (χ1) is 9.24. The second-order valence-electron chi connectivity index (χ2n) is 4.65. The minimum absolute atomic E-state index is 0.0120. The number of hydrogen-bond acceptors (Lipinski definition) is 3. The molecule has 1 amide bonds. The van der Waals surface area contributed by atoms with Crippen molar-refractivity contribution in [1.82, 2.24) is 4.98 Å². The summed E-state index contributed by atoms with van der Waals surface area (Å²) in [5.74, 6) is 0.0120. The fraction of sp³-hybridized carbons (Fsp3) is 0.467. The number of rotatable bonds is 5. The third-order valence-corrected chi connectivity index (χ3v) is 3.26. The van der Waals surface area contributed by atoms with E-state index in [1.54, 1.807) is 24.1 Å². The van der Waals surface area contributed by atoms with Gasteiger partial charge in [0, 0.05) is 12.7 Å². The monoisotopic (exact) mass is 260 g/mol. The van der Waals surface area contributed by atoms with Crippen molar-refractivity contribution >= 4 is 11.6 Å². The van der Waals surface area contributed by atoms with Gasteiger partial charge in [0.25, 0.3) is 5.91 Å². The van der Waals surface area contributed by atoms with Gasteiger partial charge in [-0.15, -0.1) is 6.58 Å². The van der Waals surface area contributed by atoms with Crippen molar-refractivity contribution < 1.29 is 9.53 Å². The average Bonchev–Trinajstić information content (AvgIpc) is 2.46. The normalized spacial score (nSPS) is 15.7. The van der Waals surface area contributed by atoms with Gasteiger partial charge in [-0.25, -0.2) is 0 Å². The quantitative estimate of drug-likeness (QED) is 0.603. The highest BCUT2D eigenvalue weighted by atomic mass is 16.5. The van der Waals surface area contributed by atoms with E-state index < -0.39 is 6.10 Å². The van der Waals surface area contributed by atoms with E-state index >= 15 is 0 Å². The molecule has 1 aliphatic rings. The van der Waals surface area contributed by atoms with Crippen molar-refractivity contribution in [2.24, 2.45) is 0 Å². The number of fused-ring (bicyclic) bond motifs is 1. The number of pyridine rings is 1. The van der Waals surface area contributed by atoms with E-state index in [9.17, 15) is 4.79 Å². The molecule has 1 aromatic rings. The summed E-state index contributed by atoms with van der Waals surface area (Å²) in [5, 5.41) is 0. The Morgan fingerprint density at radius 3 is 3.32 bits per heavy atom. The van der Waals surface area contributed by atoms with E-state index in [1.807, 2.05) is 12.1 Å². The lowest BCUT2D eigenvalue weighted by atomic mass is 10.1. The molecule has 1 aliphatic heterocycles. The van der Waals surface area contributed by atoms with Crippen molar-refractivity contribution in [3.63, 3.8) is 0 Å². The van der Waals surface area contributed by atoms with E-state index in [-0.39, 0.29) is 5.91 Å². The maximum atomic E-state index is 12.4. The van der Waals surface area contributed by atoms with E-state index in [2.05, 4.69) is 11.6 Å². The lowest BCUT2D eigenvalue weighted by Gasteiger charge is -2.30. The summed E-state index contributed by atoms with van der Waals surface area (Å²) in [6.07, 6.45) is 5.79. The lowest BCUT2D eigenvalue weighted by molar-refractivity contribution is -0.129. The zero-order chi connectivity index (χ0) is 13.7. The summed E-state index contributed by atoms with van der Waals surface area (Å²) < 4.78 is 5.53. The molecule has 2 rings (SSSR count). The van der Waals surface area contributed by atoms with Gasteiger partial charge in [-0.2, -0.15) is 0 Å². The van der Waals surface area contributed by atoms with Crippen molar-refractivity contribution in [3.8, 4) is 0 Å². The molecule has 0 aromatic carbocycles. The molecule has 102 valence electrons. The van der Waals surface area contributed by atoms with Crippen LogP contribution in [0.2, 0.25) is 0 Å². The van der Waals surface area contributed by atoms with Gasteiger partial charge in [0.05, 0.1) is 18.0 Å². The second kappa shape index (κ2) is 6.48. The number of hydrogen-bond donors (Lipinski definition) is 0. The Hall–Kier alpha value is -1.68. The molecule has 0 spiro atoms. The molecule has 1 atom stereocenters. The molecule has 0 radical (unpaired) electrons. The van der Waals surface area contributed by atoms with E-state index in [0.29, 0.717) is 6.61 Å². The summed E-state index contributed by atoms with van der Waals surface area (Å²) in [4.78, 5) is 18.5. The fourth-order valence-electron chi connectivity index (χ4n) is 2.24. The third kappa shape index (κ3) is 3.20. The highest BCUT2D eigenvalue weighted by Gasteiger charge is 2.26. The molecule has 2 heterocycles. The van der Waals surface area contributed by atoms with E-state index in [4.69, 9.17) is 4.74 Å². The maximum Gasteiger partial charge on any atom is 0.255 e. The lowest BCUT2D eigenvalue weighted by Crippen LogP contribution is -2.42. The maximum absolute atomic E-state index is 12.4. The summed E-state index contributed by atoms with van der Waals surface area (Å²) in [5.41, 5.74) is 1.93. The number of nitrogens with zero attached hydrogens (tertiary/aromatic N) is 2. The average molecular weight is 260 g/mol. The summed E-state index contributed by atoms with van der Waals surface area (Å²) >= 11 is 0. The number of amides is 1. The van der Waals surface area contributed by atoms with Crippen LogP contribution in [0.5, 0.6) is 0 Å². The first kappa shape index (κ1) is 13.7. The number of carbonyl (C=O) groups excluding carboxylic acids is 1. The third-order valence-electron chi connectivity index (χ3n) is 3.26. The Morgan fingerprint density at radius 2 is 2.53 bits per heavy atom. The molecule has 0 saturated heterocycles. The van der Waals surface area contributed by atoms with Crippen LogP contribution in [0.4, 0.5) is 5.69 Å². The van der Waals surface area contributed by atoms with E-state index in [0.717, 1.165) is 37.2 Å². The zero-order valence-corrected chi connectivity index (χ0v) is 11.3. The molecule has 0 aliphatic carbocycles. The molecule has 19 heavy (non-hydrogen) atoms. The van der Waals surface area contributed by atoms with Crippen LogP contribution < -0.4 is 4.90 Å². The number of carbonyl (C=O) groups is 1. The Balaban J connectivity index is 2.06. The number of aryl methyl sites for hydroxylation is 1. The van der Waals surface area contributed by atoms with Crippen LogP contribution in [-0.2, 0) is 16.0 Å². The second-order valence-corrected chi connectivity index (χ2v) is 4.65. The van der Waals surface area contributed by atoms with E-state index in [1.165, 1.54) is 0 Å². The van der Waals surface area contributed by atoms with Crippen LogP contribution in [0.1, 0.15) is 25.5 Å². The van der Waals surface area contributed by atoms with Gasteiger partial charge in [-0.1, -0.05) is 6.08 Å². The Morgan fingerprint density at radius 1 is 1.68 bits per heavy atom. The molecule has 0 saturated carbocycles. The van der Waals surface area contributed by atoms with Crippen molar-refractivity contribution in [2.45, 2.75) is 32.3 Å². The van der Waals surface area contributed by atoms with Crippen LogP contribution in [0.3, 0.4) is 0 Å². The number of anilines is 1. The zero-order valence-electron chi connectivity index (χ0n) is 11.3. The molecule has 0 bridgehead atoms. The Labute approximate surface area is 114 Å². The van der Waals surface area contributed by atoms with Gasteiger partial charge in [0.1, 0.15) is 6.10 Å². The minimum Gasteiger partial charge on any atom is -0.368 e. The smallest absolute Gasteiger partial charge is 0.255 e. The molecule has 1 aromatic heterocycles. The molecular formula is C15H20N2O2. The van der Waals surface area contributed by atoms with Crippen molar-refractivity contribution in [1.29, 1.82) is 0 Å². The van der Waals surface area contributed by atoms with Gasteiger partial charge in [-0.3, -0.25) is 9.78 Å². The van der Waals surface area contributed by atoms with Gasteiger partial charge in [0.15, 0.2) is 0 Å². The molecule has 0 fully saturated rings. The largest absolute Gasteiger partial charge is 0.368 e. The number of aromatic nitrogens is 1. The Bertz CT molecular complexity index is 459. The van der Waals surface area contributed by atoms with Gasteiger partial charge in [0.2, 0.25) is 0 Å². The first-order valence-electron chi connectivity index (χ1n) is 6.72. The topological polar surface area (TPSA) is 42.4 Å². The Kier molecular flexibility index (Phi) is 4.68. The van der Waals surface area contributed by atoms with Gasteiger partial charge >= 0.3 is 0 Å². The molecule has 4 nitrogen and oxygen atoms in total. The molecule has 0 N–H and O–H groups in total. The van der Waals surface area contributed by atoms with Crippen LogP contribution in [-0.4, -0.2) is 30.1 Å². The minimum atomic E-state index is -0.425. The van der Waals surface area contributed by atoms with Crippen LogP contribution >= 0.6 is 0 Å². The summed E-state index contributed by atoms with van der Waals surface area (Å²) in [6, 6.07) is 3.82. The molecular weight excluding hydrogens is 240 g/mol. The van der Waals surface area contributed by atoms with Crippen LogP contribution in [0, 0.1) is 0 Å². The first-order valence-corrected chi connectivity index (χ1v) is 6.72. The van der Waals surface area contributed by atoms with Crippen molar-refractivity contribution in [2.75, 3.05) is 18.1 Å². The van der Waals surface area contributed by atoms with Crippen LogP contribution in [0.15, 0.2) is 31.0 Å². The highest BCUT2D eigenvalue weighted by Crippen LogP contribution is 2.25. The van der Waals surface area contributed by atoms with Gasteiger partial charge < -0.3 is 9.64 Å². The van der Waals surface area contributed by atoms with Crippen molar-refractivity contribution in [3.05, 3.63) is 36.7 Å². The number of ether oxygens (including phenoxy) is 1. The van der Waals surface area contributed by atoms with Gasteiger partial charge in [-0.05, 0) is 38.3 Å². The van der Waals surface area contributed by atoms with Crippen LogP contribution in [0.25, 0.3) is 0 Å². The standard InChI is InChI=1S/C15H20N2O2/c1-3-4-11-19-12(2)15(18)17-10-6-7-13-14(17)8-5-9-16-13/h3,5,8-9,12H,1,4,6-7,10-11H2,2H3.